The maximum Gasteiger partial charge on any atom is 0.144 e. The van der Waals surface area contributed by atoms with Gasteiger partial charge < -0.3 is 10.2 Å². The van der Waals surface area contributed by atoms with Crippen molar-refractivity contribution < 1.29 is 12.8 Å². The van der Waals surface area contributed by atoms with Crippen molar-refractivity contribution in [3.63, 3.8) is 0 Å². The fourth-order valence-corrected chi connectivity index (χ4v) is 2.57. The van der Waals surface area contributed by atoms with Crippen LogP contribution in [-0.2, 0) is 16.5 Å². The number of thiol groups is 1. The first kappa shape index (κ1) is 12.3. The van der Waals surface area contributed by atoms with Gasteiger partial charge in [-0.05, 0) is 23.8 Å². The van der Waals surface area contributed by atoms with E-state index in [1.165, 1.54) is 12.1 Å². The molecule has 17 heavy (non-hydrogen) atoms. The van der Waals surface area contributed by atoms with Gasteiger partial charge in [-0.2, -0.15) is 0 Å². The number of nitrogens with one attached hydrogen (secondary N) is 1. The molecule has 1 aromatic carbocycles. The summed E-state index contributed by atoms with van der Waals surface area (Å²) in [5, 5.41) is 3.22. The van der Waals surface area contributed by atoms with Crippen LogP contribution in [0, 0.1) is 5.82 Å². The number of hydrogen-bond donors (Lipinski definition) is 2. The van der Waals surface area contributed by atoms with Gasteiger partial charge >= 0.3 is 0 Å². The number of benzene rings is 1. The van der Waals surface area contributed by atoms with Crippen molar-refractivity contribution in [3.8, 4) is 0 Å². The molecule has 0 atom stereocenters. The van der Waals surface area contributed by atoms with E-state index in [2.05, 4.69) is 10.2 Å². The summed E-state index contributed by atoms with van der Waals surface area (Å²) < 4.78 is 34.7. The molecular formula is C11H15FN2O2S. The van der Waals surface area contributed by atoms with Crippen LogP contribution in [0.4, 0.5) is 10.1 Å². The topological polar surface area (TPSA) is 49.4 Å². The minimum atomic E-state index is -2.54. The molecule has 0 aliphatic carbocycles. The number of piperazine rings is 1. The molecule has 0 unspecified atom stereocenters. The smallest absolute Gasteiger partial charge is 0.144 e. The summed E-state index contributed by atoms with van der Waals surface area (Å²) in [5.74, 6) is -0.498. The van der Waals surface area contributed by atoms with Crippen molar-refractivity contribution in [2.75, 3.05) is 31.1 Å². The van der Waals surface area contributed by atoms with Gasteiger partial charge in [0.15, 0.2) is 0 Å². The molecule has 0 radical (unpaired) electrons. The lowest BCUT2D eigenvalue weighted by atomic mass is 10.1. The molecule has 0 saturated carbocycles. The molecule has 1 fully saturated rings. The van der Waals surface area contributed by atoms with Crippen molar-refractivity contribution in [3.05, 3.63) is 29.6 Å². The Morgan fingerprint density at radius 1 is 1.29 bits per heavy atom. The molecule has 0 spiro atoms. The number of hydrogen-bond acceptors (Lipinski definition) is 4. The van der Waals surface area contributed by atoms with Crippen molar-refractivity contribution in [1.82, 2.24) is 5.32 Å². The Kier molecular flexibility index (Phi) is 3.96. The molecule has 0 bridgehead atoms. The average Bonchev–Trinajstić information content (AvgIpc) is 2.29. The van der Waals surface area contributed by atoms with E-state index in [1.54, 1.807) is 6.07 Å². The summed E-state index contributed by atoms with van der Waals surface area (Å²) in [7, 11) is -2.54. The van der Waals surface area contributed by atoms with Gasteiger partial charge in [0.1, 0.15) is 16.5 Å². The van der Waals surface area contributed by atoms with Gasteiger partial charge in [0.25, 0.3) is 0 Å². The highest BCUT2D eigenvalue weighted by Gasteiger charge is 2.15. The van der Waals surface area contributed by atoms with Crippen LogP contribution >= 0.6 is 0 Å². The van der Waals surface area contributed by atoms with Crippen molar-refractivity contribution in [1.29, 1.82) is 0 Å². The number of anilines is 1. The predicted octanol–water partition coefficient (Wildman–Crippen LogP) is 0.347. The van der Waals surface area contributed by atoms with Gasteiger partial charge in [-0.3, -0.25) is 0 Å². The molecule has 1 aliphatic heterocycles. The standard InChI is InChI=1S/C11H15FN2O2S/c12-10-1-2-11(9(7-10)8-17(15)16)14-5-3-13-4-6-14/h1-2,7,13,17H,3-6,8H2. The lowest BCUT2D eigenvalue weighted by Crippen LogP contribution is -2.43. The SMILES string of the molecule is O=[SH](=O)Cc1cc(F)ccc1N1CCNCC1. The minimum Gasteiger partial charge on any atom is -0.369 e. The second-order valence-corrected chi connectivity index (χ2v) is 4.98. The molecule has 1 aromatic rings. The molecule has 1 saturated heterocycles. The Balaban J connectivity index is 2.30. The maximum atomic E-state index is 13.1. The van der Waals surface area contributed by atoms with Crippen molar-refractivity contribution in [2.24, 2.45) is 0 Å². The van der Waals surface area contributed by atoms with Gasteiger partial charge in [0.05, 0.1) is 5.75 Å². The van der Waals surface area contributed by atoms with E-state index in [4.69, 9.17) is 0 Å². The highest BCUT2D eigenvalue weighted by Crippen LogP contribution is 2.22. The van der Waals surface area contributed by atoms with E-state index in [-0.39, 0.29) is 5.75 Å². The molecule has 1 heterocycles. The quantitative estimate of drug-likeness (QED) is 0.768. The Labute approximate surface area is 101 Å². The van der Waals surface area contributed by atoms with Crippen LogP contribution in [0.3, 0.4) is 0 Å². The monoisotopic (exact) mass is 258 g/mol. The molecule has 4 nitrogen and oxygen atoms in total. The molecule has 1 aliphatic rings. The Morgan fingerprint density at radius 2 is 2.00 bits per heavy atom. The van der Waals surface area contributed by atoms with E-state index in [0.29, 0.717) is 5.56 Å². The van der Waals surface area contributed by atoms with E-state index in [1.807, 2.05) is 0 Å². The lowest BCUT2D eigenvalue weighted by Gasteiger charge is -2.30. The van der Waals surface area contributed by atoms with Crippen molar-refractivity contribution >= 4 is 16.4 Å². The number of nitrogens with zero attached hydrogens (tertiary/aromatic N) is 1. The predicted molar refractivity (Wildman–Crippen MR) is 65.5 cm³/mol. The molecule has 0 amide bonds. The van der Waals surface area contributed by atoms with Gasteiger partial charge in [0, 0.05) is 31.9 Å². The third kappa shape index (κ3) is 3.17. The molecule has 0 aromatic heterocycles. The maximum absolute atomic E-state index is 13.1. The van der Waals surface area contributed by atoms with Crippen LogP contribution in [0.1, 0.15) is 5.56 Å². The fraction of sp³-hybridized carbons (Fsp3) is 0.455. The molecule has 1 N–H and O–H groups in total. The fourth-order valence-electron chi connectivity index (χ4n) is 2.03. The van der Waals surface area contributed by atoms with E-state index in [0.717, 1.165) is 31.9 Å². The van der Waals surface area contributed by atoms with Crippen LogP contribution in [0.15, 0.2) is 18.2 Å². The van der Waals surface area contributed by atoms with Gasteiger partial charge in [-0.25, -0.2) is 12.8 Å². The van der Waals surface area contributed by atoms with Gasteiger partial charge in [0.2, 0.25) is 0 Å². The molecule has 2 rings (SSSR count). The van der Waals surface area contributed by atoms with Crippen LogP contribution < -0.4 is 10.2 Å². The summed E-state index contributed by atoms with van der Waals surface area (Å²) in [4.78, 5) is 2.09. The Bertz CT molecular complexity index is 463. The lowest BCUT2D eigenvalue weighted by molar-refractivity contribution is 0.585. The van der Waals surface area contributed by atoms with E-state index < -0.39 is 16.5 Å². The first-order valence-electron chi connectivity index (χ1n) is 5.53. The number of rotatable bonds is 3. The van der Waals surface area contributed by atoms with Crippen LogP contribution in [0.2, 0.25) is 0 Å². The normalized spacial score (nSPS) is 16.5. The zero-order chi connectivity index (χ0) is 12.3. The van der Waals surface area contributed by atoms with Crippen LogP contribution in [0.25, 0.3) is 0 Å². The van der Waals surface area contributed by atoms with Gasteiger partial charge in [-0.1, -0.05) is 0 Å². The third-order valence-corrected chi connectivity index (χ3v) is 3.40. The zero-order valence-corrected chi connectivity index (χ0v) is 10.3. The highest BCUT2D eigenvalue weighted by atomic mass is 32.2. The average molecular weight is 258 g/mol. The first-order valence-corrected chi connectivity index (χ1v) is 6.89. The summed E-state index contributed by atoms with van der Waals surface area (Å²) in [6, 6.07) is 4.34. The molecule has 94 valence electrons. The minimum absolute atomic E-state index is 0.105. The van der Waals surface area contributed by atoms with Crippen molar-refractivity contribution in [2.45, 2.75) is 5.75 Å². The summed E-state index contributed by atoms with van der Waals surface area (Å²) >= 11 is 0. The number of halogens is 1. The van der Waals surface area contributed by atoms with Crippen LogP contribution in [-0.4, -0.2) is 34.6 Å². The largest absolute Gasteiger partial charge is 0.369 e. The zero-order valence-electron chi connectivity index (χ0n) is 9.36. The summed E-state index contributed by atoms with van der Waals surface area (Å²) in [5.41, 5.74) is 1.37. The Hall–Kier alpha value is -1.14. The van der Waals surface area contributed by atoms with Crippen LogP contribution in [0.5, 0.6) is 0 Å². The molecular weight excluding hydrogens is 243 g/mol. The first-order chi connectivity index (χ1) is 8.16. The van der Waals surface area contributed by atoms with E-state index in [9.17, 15) is 12.8 Å². The second-order valence-electron chi connectivity index (χ2n) is 4.00. The summed E-state index contributed by atoms with van der Waals surface area (Å²) in [6.07, 6.45) is 0. The summed E-state index contributed by atoms with van der Waals surface area (Å²) in [6.45, 7) is 3.35. The Morgan fingerprint density at radius 3 is 2.65 bits per heavy atom. The third-order valence-electron chi connectivity index (χ3n) is 2.80. The highest BCUT2D eigenvalue weighted by molar-refractivity contribution is 7.71. The van der Waals surface area contributed by atoms with Gasteiger partial charge in [-0.15, -0.1) is 0 Å². The molecule has 6 heteroatoms. The van der Waals surface area contributed by atoms with E-state index >= 15 is 0 Å². The second kappa shape index (κ2) is 5.46.